The van der Waals surface area contributed by atoms with Gasteiger partial charge in [0.1, 0.15) is 17.9 Å². The average molecular weight is 405 g/mol. The fourth-order valence-electron chi connectivity index (χ4n) is 2.85. The Kier molecular flexibility index (Phi) is 6.33. The van der Waals surface area contributed by atoms with Crippen molar-refractivity contribution in [1.82, 2.24) is 4.31 Å². The maximum absolute atomic E-state index is 12.9. The number of morpholine rings is 1. The maximum Gasteiger partial charge on any atom is 0.342 e. The van der Waals surface area contributed by atoms with E-state index < -0.39 is 16.0 Å². The summed E-state index contributed by atoms with van der Waals surface area (Å²) in [6.07, 6.45) is 0. The van der Waals surface area contributed by atoms with Gasteiger partial charge in [-0.15, -0.1) is 0 Å². The Morgan fingerprint density at radius 2 is 1.79 bits per heavy atom. The number of methoxy groups -OCH3 is 1. The third kappa shape index (κ3) is 4.52. The lowest BCUT2D eigenvalue weighted by Gasteiger charge is -2.26. The van der Waals surface area contributed by atoms with Crippen molar-refractivity contribution in [1.29, 1.82) is 0 Å². The summed E-state index contributed by atoms with van der Waals surface area (Å²) in [4.78, 5) is 12.6. The van der Waals surface area contributed by atoms with E-state index in [4.69, 9.17) is 14.2 Å². The molecule has 2 aromatic carbocycles. The fourth-order valence-corrected chi connectivity index (χ4v) is 4.29. The average Bonchev–Trinajstić information content (AvgIpc) is 2.73. The summed E-state index contributed by atoms with van der Waals surface area (Å²) >= 11 is 0. The van der Waals surface area contributed by atoms with Crippen LogP contribution in [0.3, 0.4) is 0 Å². The molecule has 3 rings (SSSR count). The molecule has 0 aliphatic carbocycles. The highest BCUT2D eigenvalue weighted by molar-refractivity contribution is 7.89. The second-order valence-electron chi connectivity index (χ2n) is 6.44. The third-order valence-electron chi connectivity index (χ3n) is 4.49. The highest BCUT2D eigenvalue weighted by Crippen LogP contribution is 2.26. The van der Waals surface area contributed by atoms with Gasteiger partial charge in [0, 0.05) is 13.1 Å². The number of esters is 1. The molecule has 0 atom stereocenters. The van der Waals surface area contributed by atoms with Gasteiger partial charge in [-0.05, 0) is 30.7 Å². The summed E-state index contributed by atoms with van der Waals surface area (Å²) in [5.41, 5.74) is 2.02. The third-order valence-corrected chi connectivity index (χ3v) is 6.38. The van der Waals surface area contributed by atoms with E-state index in [2.05, 4.69) is 0 Å². The monoisotopic (exact) mass is 405 g/mol. The van der Waals surface area contributed by atoms with Gasteiger partial charge in [0.2, 0.25) is 10.0 Å². The van der Waals surface area contributed by atoms with Crippen LogP contribution in [0, 0.1) is 6.92 Å². The van der Waals surface area contributed by atoms with Crippen LogP contribution in [0.15, 0.2) is 47.4 Å². The first-order valence-corrected chi connectivity index (χ1v) is 10.3. The predicted molar refractivity (Wildman–Crippen MR) is 103 cm³/mol. The summed E-state index contributed by atoms with van der Waals surface area (Å²) in [7, 11) is -2.31. The van der Waals surface area contributed by atoms with Crippen molar-refractivity contribution in [2.45, 2.75) is 18.4 Å². The second kappa shape index (κ2) is 8.72. The van der Waals surface area contributed by atoms with E-state index in [0.717, 1.165) is 11.1 Å². The second-order valence-corrected chi connectivity index (χ2v) is 8.38. The van der Waals surface area contributed by atoms with Crippen LogP contribution in [0.2, 0.25) is 0 Å². The van der Waals surface area contributed by atoms with E-state index in [1.807, 2.05) is 31.2 Å². The molecule has 1 saturated heterocycles. The highest BCUT2D eigenvalue weighted by Gasteiger charge is 2.28. The molecule has 0 saturated carbocycles. The standard InChI is InChI=1S/C20H23NO6S/c1-15-3-5-16(6-4-15)14-27-20(22)18-13-17(7-8-19(18)25-2)28(23,24)21-9-11-26-12-10-21/h3-8,13H,9-12,14H2,1-2H3. The smallest absolute Gasteiger partial charge is 0.342 e. The van der Waals surface area contributed by atoms with Crippen molar-refractivity contribution in [3.05, 3.63) is 59.2 Å². The van der Waals surface area contributed by atoms with Gasteiger partial charge in [-0.25, -0.2) is 13.2 Å². The molecule has 0 unspecified atom stereocenters. The number of ether oxygens (including phenoxy) is 3. The van der Waals surface area contributed by atoms with Crippen LogP contribution in [-0.4, -0.2) is 52.1 Å². The number of benzene rings is 2. The molecule has 0 bridgehead atoms. The van der Waals surface area contributed by atoms with Crippen LogP contribution >= 0.6 is 0 Å². The Morgan fingerprint density at radius 1 is 1.11 bits per heavy atom. The van der Waals surface area contributed by atoms with E-state index >= 15 is 0 Å². The number of rotatable bonds is 6. The lowest BCUT2D eigenvalue weighted by molar-refractivity contribution is 0.0468. The Bertz CT molecular complexity index is 934. The predicted octanol–water partition coefficient (Wildman–Crippen LogP) is 2.38. The summed E-state index contributed by atoms with van der Waals surface area (Å²) in [6, 6.07) is 11.8. The van der Waals surface area contributed by atoms with E-state index in [9.17, 15) is 13.2 Å². The molecule has 150 valence electrons. The largest absolute Gasteiger partial charge is 0.496 e. The molecule has 1 fully saturated rings. The molecule has 1 heterocycles. The minimum Gasteiger partial charge on any atom is -0.496 e. The van der Waals surface area contributed by atoms with Gasteiger partial charge in [0.15, 0.2) is 0 Å². The van der Waals surface area contributed by atoms with Gasteiger partial charge in [-0.1, -0.05) is 29.8 Å². The van der Waals surface area contributed by atoms with Gasteiger partial charge in [0.05, 0.1) is 25.2 Å². The number of hydrogen-bond donors (Lipinski definition) is 0. The number of carbonyl (C=O) groups excluding carboxylic acids is 1. The lowest BCUT2D eigenvalue weighted by Crippen LogP contribution is -2.40. The van der Waals surface area contributed by atoms with Gasteiger partial charge < -0.3 is 14.2 Å². The van der Waals surface area contributed by atoms with Crippen molar-refractivity contribution in [2.24, 2.45) is 0 Å². The van der Waals surface area contributed by atoms with Gasteiger partial charge in [-0.2, -0.15) is 4.31 Å². The molecule has 7 nitrogen and oxygen atoms in total. The molecular formula is C20H23NO6S. The topological polar surface area (TPSA) is 82.1 Å². The van der Waals surface area contributed by atoms with E-state index in [0.29, 0.717) is 13.2 Å². The van der Waals surface area contributed by atoms with Crippen LogP contribution in [0.1, 0.15) is 21.5 Å². The van der Waals surface area contributed by atoms with Gasteiger partial charge in [0.25, 0.3) is 0 Å². The lowest BCUT2D eigenvalue weighted by atomic mass is 10.1. The van der Waals surface area contributed by atoms with Crippen molar-refractivity contribution in [3.8, 4) is 5.75 Å². The SMILES string of the molecule is COc1ccc(S(=O)(=O)N2CCOCC2)cc1C(=O)OCc1ccc(C)cc1. The number of nitrogens with zero attached hydrogens (tertiary/aromatic N) is 1. The molecule has 0 spiro atoms. The fraction of sp³-hybridized carbons (Fsp3) is 0.350. The Balaban J connectivity index is 1.82. The van der Waals surface area contributed by atoms with E-state index in [-0.39, 0.29) is 35.9 Å². The molecule has 0 amide bonds. The normalized spacial score (nSPS) is 15.2. The Labute approximate surface area is 164 Å². The molecular weight excluding hydrogens is 382 g/mol. The molecule has 1 aliphatic heterocycles. The van der Waals surface area contributed by atoms with Crippen molar-refractivity contribution < 1.29 is 27.4 Å². The maximum atomic E-state index is 12.9. The zero-order valence-corrected chi connectivity index (χ0v) is 16.7. The summed E-state index contributed by atoms with van der Waals surface area (Å²) in [6.45, 7) is 3.31. The zero-order chi connectivity index (χ0) is 20.1. The van der Waals surface area contributed by atoms with Crippen LogP contribution in [0.4, 0.5) is 0 Å². The minimum atomic E-state index is -3.72. The zero-order valence-electron chi connectivity index (χ0n) is 15.9. The quantitative estimate of drug-likeness (QED) is 0.687. The Hall–Kier alpha value is -2.42. The molecule has 28 heavy (non-hydrogen) atoms. The number of sulfonamides is 1. The number of hydrogen-bond acceptors (Lipinski definition) is 6. The molecule has 0 aromatic heterocycles. The first-order valence-electron chi connectivity index (χ1n) is 8.90. The Morgan fingerprint density at radius 3 is 2.43 bits per heavy atom. The molecule has 0 N–H and O–H groups in total. The van der Waals surface area contributed by atoms with Crippen LogP contribution < -0.4 is 4.74 Å². The summed E-state index contributed by atoms with van der Waals surface area (Å²) in [5, 5.41) is 0. The first-order chi connectivity index (χ1) is 13.4. The molecule has 2 aromatic rings. The van der Waals surface area contributed by atoms with Crippen molar-refractivity contribution in [3.63, 3.8) is 0 Å². The number of aryl methyl sites for hydroxylation is 1. The minimum absolute atomic E-state index is 0.0254. The number of carbonyl (C=O) groups is 1. The molecule has 8 heteroatoms. The van der Waals surface area contributed by atoms with Crippen LogP contribution in [0.5, 0.6) is 5.75 Å². The molecule has 0 radical (unpaired) electrons. The van der Waals surface area contributed by atoms with E-state index in [1.165, 1.54) is 29.6 Å². The molecule has 1 aliphatic rings. The van der Waals surface area contributed by atoms with Crippen molar-refractivity contribution in [2.75, 3.05) is 33.4 Å². The summed E-state index contributed by atoms with van der Waals surface area (Å²) < 4.78 is 42.8. The van der Waals surface area contributed by atoms with Crippen molar-refractivity contribution >= 4 is 16.0 Å². The first kappa shape index (κ1) is 20.3. The summed E-state index contributed by atoms with van der Waals surface area (Å²) in [5.74, 6) is -0.383. The van der Waals surface area contributed by atoms with Gasteiger partial charge >= 0.3 is 5.97 Å². The van der Waals surface area contributed by atoms with Crippen LogP contribution in [0.25, 0.3) is 0 Å². The van der Waals surface area contributed by atoms with E-state index in [1.54, 1.807) is 0 Å². The highest BCUT2D eigenvalue weighted by atomic mass is 32.2. The van der Waals surface area contributed by atoms with Gasteiger partial charge in [-0.3, -0.25) is 0 Å². The van der Waals surface area contributed by atoms with Crippen LogP contribution in [-0.2, 0) is 26.1 Å².